The van der Waals surface area contributed by atoms with Crippen molar-refractivity contribution in [2.45, 2.75) is 5.78 Å². The molecule has 2 atom stereocenters. The second-order valence-electron chi connectivity index (χ2n) is 2.45. The Labute approximate surface area is 70.0 Å². The van der Waals surface area contributed by atoms with Gasteiger partial charge in [-0.25, -0.2) is 4.79 Å². The fourth-order valence-electron chi connectivity index (χ4n) is 1.10. The minimum Gasteiger partial charge on any atom is -0.594 e. The lowest BCUT2D eigenvalue weighted by Gasteiger charge is -2.27. The van der Waals surface area contributed by atoms with Gasteiger partial charge in [0.15, 0.2) is 0 Å². The number of piperazine rings is 1. The van der Waals surface area contributed by atoms with Crippen molar-refractivity contribution < 1.29 is 19.4 Å². The SMILES string of the molecule is O=C(O)N1CCNCC1[P+](=O)[O-]. The number of carbonyl (C=O) groups is 1. The third-order valence-corrected chi connectivity index (χ3v) is 2.65. The molecule has 0 radical (unpaired) electrons. The van der Waals surface area contributed by atoms with E-state index in [1.807, 2.05) is 0 Å². The number of nitrogens with one attached hydrogen (secondary N) is 1. The van der Waals surface area contributed by atoms with E-state index in [0.29, 0.717) is 6.54 Å². The largest absolute Gasteiger partial charge is 0.594 e. The summed E-state index contributed by atoms with van der Waals surface area (Å²) in [5, 5.41) is 11.4. The highest BCUT2D eigenvalue weighted by Crippen LogP contribution is 2.22. The van der Waals surface area contributed by atoms with E-state index >= 15 is 0 Å². The highest BCUT2D eigenvalue weighted by atomic mass is 31.1. The molecule has 6 nitrogen and oxygen atoms in total. The molecule has 1 aliphatic rings. The number of carboxylic acid groups (broad SMARTS) is 1. The molecule has 12 heavy (non-hydrogen) atoms. The van der Waals surface area contributed by atoms with Crippen molar-refractivity contribution in [3.63, 3.8) is 0 Å². The molecule has 0 aromatic rings. The van der Waals surface area contributed by atoms with Crippen LogP contribution in [0.15, 0.2) is 0 Å². The molecule has 1 heterocycles. The van der Waals surface area contributed by atoms with Crippen LogP contribution in [0.5, 0.6) is 0 Å². The summed E-state index contributed by atoms with van der Waals surface area (Å²) >= 11 is 0. The van der Waals surface area contributed by atoms with Crippen LogP contribution in [0.3, 0.4) is 0 Å². The summed E-state index contributed by atoms with van der Waals surface area (Å²) in [7, 11) is -2.71. The van der Waals surface area contributed by atoms with Gasteiger partial charge < -0.3 is 15.3 Å². The topological polar surface area (TPSA) is 92.7 Å². The Morgan fingerprint density at radius 1 is 1.75 bits per heavy atom. The molecule has 2 unspecified atom stereocenters. The van der Waals surface area contributed by atoms with Crippen LogP contribution in [-0.4, -0.2) is 41.5 Å². The standard InChI is InChI=1S/C5H9N2O4P/c8-5(9)7-2-1-6-3-4(7)12(10)11/h4,6H,1-3H2,(H,8,9). The molecule has 1 fully saturated rings. The van der Waals surface area contributed by atoms with Crippen molar-refractivity contribution in [2.75, 3.05) is 19.6 Å². The predicted octanol–water partition coefficient (Wildman–Crippen LogP) is -1.00. The molecule has 1 aliphatic heterocycles. The molecule has 1 rings (SSSR count). The summed E-state index contributed by atoms with van der Waals surface area (Å²) in [4.78, 5) is 22.0. The van der Waals surface area contributed by atoms with Gasteiger partial charge in [0.25, 0.3) is 0 Å². The summed E-state index contributed by atoms with van der Waals surface area (Å²) in [5.74, 6) is -0.911. The van der Waals surface area contributed by atoms with Crippen LogP contribution in [0.25, 0.3) is 0 Å². The van der Waals surface area contributed by atoms with Gasteiger partial charge in [0.05, 0.1) is 6.54 Å². The van der Waals surface area contributed by atoms with Crippen molar-refractivity contribution in [1.82, 2.24) is 10.2 Å². The molecule has 68 valence electrons. The highest BCUT2D eigenvalue weighted by Gasteiger charge is 2.35. The number of hydrogen-bond donors (Lipinski definition) is 2. The van der Waals surface area contributed by atoms with E-state index in [1.165, 1.54) is 0 Å². The molecule has 0 aromatic heterocycles. The first-order valence-electron chi connectivity index (χ1n) is 3.46. The lowest BCUT2D eigenvalue weighted by molar-refractivity contribution is -0.169. The summed E-state index contributed by atoms with van der Waals surface area (Å²) in [6, 6.07) is 0. The first-order chi connectivity index (χ1) is 5.63. The summed E-state index contributed by atoms with van der Waals surface area (Å²) in [5.41, 5.74) is 0. The highest BCUT2D eigenvalue weighted by molar-refractivity contribution is 7.37. The number of hydrogen-bond acceptors (Lipinski definition) is 4. The van der Waals surface area contributed by atoms with E-state index in [9.17, 15) is 14.3 Å². The predicted molar refractivity (Wildman–Crippen MR) is 39.0 cm³/mol. The van der Waals surface area contributed by atoms with Gasteiger partial charge in [-0.1, -0.05) is 4.57 Å². The zero-order valence-corrected chi connectivity index (χ0v) is 7.16. The molecule has 0 aliphatic carbocycles. The molecule has 7 heteroatoms. The van der Waals surface area contributed by atoms with Crippen molar-refractivity contribution >= 4 is 14.1 Å². The van der Waals surface area contributed by atoms with E-state index in [-0.39, 0.29) is 13.1 Å². The van der Waals surface area contributed by atoms with Crippen molar-refractivity contribution in [2.24, 2.45) is 0 Å². The zero-order valence-electron chi connectivity index (χ0n) is 6.27. The van der Waals surface area contributed by atoms with Crippen LogP contribution in [0.1, 0.15) is 0 Å². The first kappa shape index (κ1) is 9.38. The minimum atomic E-state index is -2.71. The van der Waals surface area contributed by atoms with Crippen molar-refractivity contribution in [3.8, 4) is 0 Å². The summed E-state index contributed by atoms with van der Waals surface area (Å²) in [6.07, 6.45) is -1.18. The fourth-order valence-corrected chi connectivity index (χ4v) is 1.82. The first-order valence-corrected chi connectivity index (χ1v) is 4.71. The Bertz CT molecular complexity index is 188. The van der Waals surface area contributed by atoms with Crippen molar-refractivity contribution in [3.05, 3.63) is 0 Å². The van der Waals surface area contributed by atoms with Gasteiger partial charge in [-0.15, -0.1) is 0 Å². The third kappa shape index (κ3) is 1.91. The van der Waals surface area contributed by atoms with Gasteiger partial charge in [0.1, 0.15) is 0 Å². The number of nitrogens with zero attached hydrogens (tertiary/aromatic N) is 1. The molecule has 0 saturated carbocycles. The minimum absolute atomic E-state index is 0.186. The van der Waals surface area contributed by atoms with Gasteiger partial charge in [0.2, 0.25) is 5.78 Å². The van der Waals surface area contributed by atoms with Gasteiger partial charge in [0, 0.05) is 13.1 Å². The van der Waals surface area contributed by atoms with Gasteiger partial charge in [-0.3, -0.25) is 4.90 Å². The molecule has 0 spiro atoms. The normalized spacial score (nSPS) is 25.2. The van der Waals surface area contributed by atoms with Crippen LogP contribution in [-0.2, 0) is 4.57 Å². The van der Waals surface area contributed by atoms with Crippen molar-refractivity contribution in [1.29, 1.82) is 0 Å². The second-order valence-corrected chi connectivity index (χ2v) is 3.61. The zero-order chi connectivity index (χ0) is 9.14. The number of amides is 1. The summed E-state index contributed by atoms with van der Waals surface area (Å²) < 4.78 is 10.6. The maximum absolute atomic E-state index is 10.6. The quantitative estimate of drug-likeness (QED) is 0.519. The van der Waals surface area contributed by atoms with Gasteiger partial charge >= 0.3 is 14.1 Å². The Balaban J connectivity index is 2.67. The lowest BCUT2D eigenvalue weighted by Crippen LogP contribution is -2.52. The Kier molecular flexibility index (Phi) is 2.97. The third-order valence-electron chi connectivity index (χ3n) is 1.71. The summed E-state index contributed by atoms with van der Waals surface area (Å²) in [6.45, 7) is 0.917. The Morgan fingerprint density at radius 2 is 2.42 bits per heavy atom. The average molecular weight is 192 g/mol. The number of rotatable bonds is 1. The van der Waals surface area contributed by atoms with Gasteiger partial charge in [-0.05, 0) is 0 Å². The molecule has 2 N–H and O–H groups in total. The monoisotopic (exact) mass is 192 g/mol. The lowest BCUT2D eigenvalue weighted by atomic mass is 10.4. The fraction of sp³-hybridized carbons (Fsp3) is 0.800. The molecular weight excluding hydrogens is 183 g/mol. The molecule has 1 saturated heterocycles. The molecule has 0 aromatic carbocycles. The Morgan fingerprint density at radius 3 is 2.83 bits per heavy atom. The van der Waals surface area contributed by atoms with E-state index in [0.717, 1.165) is 4.90 Å². The van der Waals surface area contributed by atoms with E-state index in [4.69, 9.17) is 5.11 Å². The van der Waals surface area contributed by atoms with Crippen LogP contribution in [0, 0.1) is 0 Å². The second kappa shape index (κ2) is 3.80. The van der Waals surface area contributed by atoms with Crippen LogP contribution < -0.4 is 10.2 Å². The molecular formula is C5H9N2O4P. The van der Waals surface area contributed by atoms with E-state index in [1.54, 1.807) is 0 Å². The smallest absolute Gasteiger partial charge is 0.410 e. The Hall–Kier alpha value is -0.710. The maximum Gasteiger partial charge on any atom is 0.410 e. The molecule has 0 bridgehead atoms. The van der Waals surface area contributed by atoms with Crippen LogP contribution in [0.4, 0.5) is 4.79 Å². The molecule has 1 amide bonds. The van der Waals surface area contributed by atoms with E-state index in [2.05, 4.69) is 5.32 Å². The average Bonchev–Trinajstić information content (AvgIpc) is 2.04. The maximum atomic E-state index is 10.6. The van der Waals surface area contributed by atoms with E-state index < -0.39 is 19.9 Å². The van der Waals surface area contributed by atoms with Crippen LogP contribution >= 0.6 is 8.03 Å². The van der Waals surface area contributed by atoms with Crippen LogP contribution in [0.2, 0.25) is 0 Å². The van der Waals surface area contributed by atoms with Gasteiger partial charge in [-0.2, -0.15) is 0 Å².